The average molecular weight is 238 g/mol. The first-order valence-corrected chi connectivity index (χ1v) is 5.83. The molecule has 4 heteroatoms. The van der Waals surface area contributed by atoms with E-state index in [0.29, 0.717) is 31.4 Å². The van der Waals surface area contributed by atoms with Crippen LogP contribution in [0.15, 0.2) is 0 Å². The number of halogens is 2. The van der Waals surface area contributed by atoms with Gasteiger partial charge in [0.2, 0.25) is 5.82 Å². The fraction of sp³-hybridized carbons (Fsp3) is 0.462. The molecular weight excluding hydrogens is 226 g/mol. The topological polar surface area (TPSA) is 26.3 Å². The van der Waals surface area contributed by atoms with Crippen LogP contribution in [0.25, 0.3) is 0 Å². The van der Waals surface area contributed by atoms with Gasteiger partial charge in [0.1, 0.15) is 6.29 Å². The van der Waals surface area contributed by atoms with Crippen molar-refractivity contribution in [2.24, 2.45) is 0 Å². The maximum atomic E-state index is 13.8. The summed E-state index contributed by atoms with van der Waals surface area (Å²) < 4.78 is 32.7. The van der Waals surface area contributed by atoms with Crippen LogP contribution in [0.1, 0.15) is 35.4 Å². The standard InChI is InChI=1S/C13H12F2O2/c14-11-8-2-1-7(3-5-16)10(8)9-4-6-17-13(9)12(11)15/h5,7H,1-4,6H2. The summed E-state index contributed by atoms with van der Waals surface area (Å²) in [6.45, 7) is 0.399. The Morgan fingerprint density at radius 2 is 2.06 bits per heavy atom. The van der Waals surface area contributed by atoms with Crippen LogP contribution < -0.4 is 4.74 Å². The first kappa shape index (κ1) is 10.7. The molecule has 1 heterocycles. The lowest BCUT2D eigenvalue weighted by Crippen LogP contribution is -2.02. The lowest BCUT2D eigenvalue weighted by molar-refractivity contribution is -0.108. The van der Waals surface area contributed by atoms with Crippen LogP contribution >= 0.6 is 0 Å². The maximum Gasteiger partial charge on any atom is 0.201 e. The van der Waals surface area contributed by atoms with E-state index < -0.39 is 11.6 Å². The third-order valence-electron chi connectivity index (χ3n) is 3.71. The van der Waals surface area contributed by atoms with Crippen molar-refractivity contribution < 1.29 is 18.3 Å². The molecule has 1 aliphatic carbocycles. The molecule has 1 aromatic carbocycles. The Morgan fingerprint density at radius 3 is 2.82 bits per heavy atom. The van der Waals surface area contributed by atoms with Crippen molar-refractivity contribution in [1.82, 2.24) is 0 Å². The van der Waals surface area contributed by atoms with Gasteiger partial charge in [-0.1, -0.05) is 0 Å². The Kier molecular flexibility index (Phi) is 2.38. The van der Waals surface area contributed by atoms with Gasteiger partial charge in [0.15, 0.2) is 11.6 Å². The summed E-state index contributed by atoms with van der Waals surface area (Å²) in [5.41, 5.74) is 2.07. The number of fused-ring (bicyclic) bond motifs is 3. The van der Waals surface area contributed by atoms with Crippen LogP contribution in [0.5, 0.6) is 5.75 Å². The van der Waals surface area contributed by atoms with E-state index in [1.165, 1.54) is 0 Å². The molecular formula is C13H12F2O2. The summed E-state index contributed by atoms with van der Waals surface area (Å²) >= 11 is 0. The van der Waals surface area contributed by atoms with Crippen molar-refractivity contribution in [3.63, 3.8) is 0 Å². The molecule has 3 rings (SSSR count). The molecule has 0 amide bonds. The largest absolute Gasteiger partial charge is 0.490 e. The van der Waals surface area contributed by atoms with Crippen LogP contribution in [0, 0.1) is 11.6 Å². The fourth-order valence-corrected chi connectivity index (χ4v) is 2.99. The number of rotatable bonds is 2. The third kappa shape index (κ3) is 1.39. The number of carbonyl (C=O) groups is 1. The summed E-state index contributed by atoms with van der Waals surface area (Å²) in [5, 5.41) is 0. The molecule has 0 saturated carbocycles. The Morgan fingerprint density at radius 1 is 1.24 bits per heavy atom. The van der Waals surface area contributed by atoms with E-state index in [0.717, 1.165) is 23.8 Å². The monoisotopic (exact) mass is 238 g/mol. The minimum absolute atomic E-state index is 0.0352. The van der Waals surface area contributed by atoms with Gasteiger partial charge in [0.05, 0.1) is 6.61 Å². The number of benzene rings is 1. The molecule has 0 fully saturated rings. The van der Waals surface area contributed by atoms with Gasteiger partial charge in [0.25, 0.3) is 0 Å². The third-order valence-corrected chi connectivity index (χ3v) is 3.71. The molecule has 2 nitrogen and oxygen atoms in total. The molecule has 0 radical (unpaired) electrons. The van der Waals surface area contributed by atoms with Gasteiger partial charge < -0.3 is 9.53 Å². The van der Waals surface area contributed by atoms with Crippen LogP contribution in [-0.4, -0.2) is 12.9 Å². The van der Waals surface area contributed by atoms with Crippen LogP contribution in [0.3, 0.4) is 0 Å². The lowest BCUT2D eigenvalue weighted by Gasteiger charge is -2.13. The van der Waals surface area contributed by atoms with Crippen molar-refractivity contribution >= 4 is 6.29 Å². The van der Waals surface area contributed by atoms with Gasteiger partial charge in [-0.15, -0.1) is 0 Å². The van der Waals surface area contributed by atoms with E-state index in [4.69, 9.17) is 4.74 Å². The highest BCUT2D eigenvalue weighted by molar-refractivity contribution is 5.58. The second-order valence-corrected chi connectivity index (χ2v) is 4.56. The van der Waals surface area contributed by atoms with E-state index in [1.807, 2.05) is 0 Å². The molecule has 90 valence electrons. The summed E-state index contributed by atoms with van der Waals surface area (Å²) in [7, 11) is 0. The summed E-state index contributed by atoms with van der Waals surface area (Å²) in [4.78, 5) is 10.6. The Hall–Kier alpha value is -1.45. The lowest BCUT2D eigenvalue weighted by atomic mass is 9.92. The van der Waals surface area contributed by atoms with Crippen LogP contribution in [0.4, 0.5) is 8.78 Å². The van der Waals surface area contributed by atoms with E-state index in [-0.39, 0.29) is 11.7 Å². The normalized spacial score (nSPS) is 20.9. The first-order chi connectivity index (χ1) is 8.24. The second kappa shape index (κ2) is 3.79. The number of aldehydes is 1. The SMILES string of the molecule is O=CCC1CCc2c(F)c(F)c3c(c21)CCO3. The zero-order valence-electron chi connectivity index (χ0n) is 9.26. The minimum atomic E-state index is -0.858. The molecule has 17 heavy (non-hydrogen) atoms. The van der Waals surface area contributed by atoms with Crippen molar-refractivity contribution in [2.75, 3.05) is 6.61 Å². The first-order valence-electron chi connectivity index (χ1n) is 5.83. The van der Waals surface area contributed by atoms with Crippen molar-refractivity contribution in [2.45, 2.75) is 31.6 Å². The summed E-state index contributed by atoms with van der Waals surface area (Å²) in [5.74, 6) is -1.54. The van der Waals surface area contributed by atoms with E-state index in [9.17, 15) is 13.6 Å². The highest BCUT2D eigenvalue weighted by atomic mass is 19.2. The number of hydrogen-bond donors (Lipinski definition) is 0. The highest BCUT2D eigenvalue weighted by Crippen LogP contribution is 2.45. The van der Waals surface area contributed by atoms with Gasteiger partial charge in [-0.25, -0.2) is 4.39 Å². The van der Waals surface area contributed by atoms with E-state index in [1.54, 1.807) is 0 Å². The molecule has 1 atom stereocenters. The number of ether oxygens (including phenoxy) is 1. The molecule has 0 N–H and O–H groups in total. The predicted molar refractivity (Wildman–Crippen MR) is 57.3 cm³/mol. The summed E-state index contributed by atoms with van der Waals surface area (Å²) in [6, 6.07) is 0. The molecule has 0 bridgehead atoms. The molecule has 1 aromatic rings. The second-order valence-electron chi connectivity index (χ2n) is 4.56. The van der Waals surface area contributed by atoms with Crippen LogP contribution in [0.2, 0.25) is 0 Å². The van der Waals surface area contributed by atoms with Gasteiger partial charge in [-0.05, 0) is 29.9 Å². The zero-order chi connectivity index (χ0) is 12.0. The van der Waals surface area contributed by atoms with E-state index >= 15 is 0 Å². The highest BCUT2D eigenvalue weighted by Gasteiger charge is 2.35. The van der Waals surface area contributed by atoms with Gasteiger partial charge in [-0.2, -0.15) is 4.39 Å². The molecule has 2 aliphatic rings. The van der Waals surface area contributed by atoms with E-state index in [2.05, 4.69) is 0 Å². The number of hydrogen-bond acceptors (Lipinski definition) is 2. The Bertz CT molecular complexity index is 497. The Labute approximate surface area is 97.6 Å². The fourth-order valence-electron chi connectivity index (χ4n) is 2.99. The van der Waals surface area contributed by atoms with Gasteiger partial charge >= 0.3 is 0 Å². The average Bonchev–Trinajstić information content (AvgIpc) is 2.92. The molecule has 1 aliphatic heterocycles. The van der Waals surface area contributed by atoms with Gasteiger partial charge in [0, 0.05) is 18.4 Å². The van der Waals surface area contributed by atoms with Crippen molar-refractivity contribution in [1.29, 1.82) is 0 Å². The molecule has 1 unspecified atom stereocenters. The molecule has 0 spiro atoms. The van der Waals surface area contributed by atoms with Crippen molar-refractivity contribution in [3.05, 3.63) is 28.3 Å². The number of carbonyl (C=O) groups excluding carboxylic acids is 1. The smallest absolute Gasteiger partial charge is 0.201 e. The predicted octanol–water partition coefficient (Wildman–Crippen LogP) is 2.52. The minimum Gasteiger partial charge on any atom is -0.490 e. The molecule has 0 saturated heterocycles. The van der Waals surface area contributed by atoms with Gasteiger partial charge in [-0.3, -0.25) is 0 Å². The Balaban J connectivity index is 2.21. The van der Waals surface area contributed by atoms with Crippen LogP contribution in [-0.2, 0) is 17.6 Å². The summed E-state index contributed by atoms with van der Waals surface area (Å²) in [6.07, 6.45) is 3.09. The maximum absolute atomic E-state index is 13.8. The molecule has 0 aromatic heterocycles. The van der Waals surface area contributed by atoms with Crippen molar-refractivity contribution in [3.8, 4) is 5.75 Å². The quantitative estimate of drug-likeness (QED) is 0.740. The zero-order valence-corrected chi connectivity index (χ0v) is 9.26.